The number of hydrazine groups is 1. The van der Waals surface area contributed by atoms with Gasteiger partial charge in [0.2, 0.25) is 15.9 Å². The fourth-order valence-electron chi connectivity index (χ4n) is 3.76. The summed E-state index contributed by atoms with van der Waals surface area (Å²) < 4.78 is 27.3. The third-order valence-corrected chi connectivity index (χ3v) is 7.13. The van der Waals surface area contributed by atoms with Crippen LogP contribution in [0, 0.1) is 12.8 Å². The molecule has 1 aromatic carbocycles. The summed E-state index contributed by atoms with van der Waals surface area (Å²) in [4.78, 5) is 12.7. The van der Waals surface area contributed by atoms with Gasteiger partial charge >= 0.3 is 0 Å². The van der Waals surface area contributed by atoms with Crippen LogP contribution >= 0.6 is 0 Å². The number of carbonyl (C=O) groups excluding carboxylic acids is 1. The number of carbonyl (C=O) groups is 1. The topological polar surface area (TPSA) is 69.7 Å². The molecule has 2 saturated heterocycles. The number of rotatable bonds is 5. The Bertz CT molecular complexity index is 712. The van der Waals surface area contributed by atoms with Gasteiger partial charge in [0.1, 0.15) is 0 Å². The van der Waals surface area contributed by atoms with Gasteiger partial charge in [-0.05, 0) is 50.7 Å². The number of nitrogens with one attached hydrogen (secondary N) is 1. The Morgan fingerprint density at radius 1 is 1.08 bits per heavy atom. The summed E-state index contributed by atoms with van der Waals surface area (Å²) in [7, 11) is -3.48. The smallest absolute Gasteiger partial charge is 0.243 e. The minimum atomic E-state index is -3.48. The Hall–Kier alpha value is -1.44. The Labute approximate surface area is 156 Å². The molecule has 3 rings (SSSR count). The summed E-state index contributed by atoms with van der Waals surface area (Å²) in [5.74, 6) is 0.0836. The lowest BCUT2D eigenvalue weighted by Crippen LogP contribution is -2.47. The van der Waals surface area contributed by atoms with Crippen LogP contribution in [0.25, 0.3) is 0 Å². The molecule has 1 N–H and O–H groups in total. The molecular formula is C19H29N3O3S. The molecule has 2 fully saturated rings. The van der Waals surface area contributed by atoms with Crippen molar-refractivity contribution in [2.45, 2.75) is 50.3 Å². The summed E-state index contributed by atoms with van der Waals surface area (Å²) >= 11 is 0. The maximum absolute atomic E-state index is 12.9. The van der Waals surface area contributed by atoms with Gasteiger partial charge in [-0.3, -0.25) is 10.2 Å². The highest BCUT2D eigenvalue weighted by atomic mass is 32.2. The van der Waals surface area contributed by atoms with Gasteiger partial charge in [-0.25, -0.2) is 13.4 Å². The van der Waals surface area contributed by atoms with Gasteiger partial charge in [-0.1, -0.05) is 24.1 Å². The van der Waals surface area contributed by atoms with Crippen LogP contribution in [0.5, 0.6) is 0 Å². The first kappa shape index (κ1) is 19.3. The van der Waals surface area contributed by atoms with Crippen LogP contribution in [0.15, 0.2) is 29.2 Å². The van der Waals surface area contributed by atoms with Gasteiger partial charge in [-0.2, -0.15) is 4.31 Å². The first-order chi connectivity index (χ1) is 12.4. The second-order valence-corrected chi connectivity index (χ2v) is 9.41. The average molecular weight is 380 g/mol. The molecule has 144 valence electrons. The predicted octanol–water partition coefficient (Wildman–Crippen LogP) is 2.30. The van der Waals surface area contributed by atoms with Crippen molar-refractivity contribution < 1.29 is 13.2 Å². The van der Waals surface area contributed by atoms with Crippen molar-refractivity contribution in [3.8, 4) is 0 Å². The fourth-order valence-corrected chi connectivity index (χ4v) is 5.32. The predicted molar refractivity (Wildman–Crippen MR) is 101 cm³/mol. The number of amides is 1. The zero-order valence-corrected chi connectivity index (χ0v) is 16.3. The molecule has 2 aliphatic heterocycles. The number of hydrogen-bond acceptors (Lipinski definition) is 4. The molecule has 0 spiro atoms. The van der Waals surface area contributed by atoms with Crippen LogP contribution < -0.4 is 5.43 Å². The Balaban J connectivity index is 1.58. The molecule has 0 aromatic heterocycles. The van der Waals surface area contributed by atoms with Crippen LogP contribution in [0.4, 0.5) is 0 Å². The maximum atomic E-state index is 12.9. The van der Waals surface area contributed by atoms with E-state index in [1.807, 2.05) is 24.1 Å². The molecule has 0 radical (unpaired) electrons. The van der Waals surface area contributed by atoms with Crippen LogP contribution in [0.2, 0.25) is 0 Å². The van der Waals surface area contributed by atoms with Gasteiger partial charge in [-0.15, -0.1) is 0 Å². The highest BCUT2D eigenvalue weighted by molar-refractivity contribution is 7.89. The second kappa shape index (κ2) is 8.50. The Morgan fingerprint density at radius 3 is 2.46 bits per heavy atom. The van der Waals surface area contributed by atoms with E-state index in [1.54, 1.807) is 16.4 Å². The quantitative estimate of drug-likeness (QED) is 0.852. The number of sulfonamides is 1. The lowest BCUT2D eigenvalue weighted by molar-refractivity contribution is -0.127. The molecule has 6 nitrogen and oxygen atoms in total. The van der Waals surface area contributed by atoms with Crippen molar-refractivity contribution in [2.24, 2.45) is 5.92 Å². The summed E-state index contributed by atoms with van der Waals surface area (Å²) in [5.41, 5.74) is 4.02. The van der Waals surface area contributed by atoms with Gasteiger partial charge in [0.05, 0.1) is 4.90 Å². The van der Waals surface area contributed by atoms with E-state index in [-0.39, 0.29) is 11.8 Å². The Kier molecular flexibility index (Phi) is 6.32. The minimum Gasteiger partial charge on any atom is -0.289 e. The van der Waals surface area contributed by atoms with Gasteiger partial charge < -0.3 is 0 Å². The van der Waals surface area contributed by atoms with E-state index in [4.69, 9.17) is 0 Å². The zero-order chi connectivity index (χ0) is 18.6. The highest BCUT2D eigenvalue weighted by Gasteiger charge is 2.31. The molecule has 1 atom stereocenters. The van der Waals surface area contributed by atoms with E-state index in [0.29, 0.717) is 24.4 Å². The summed E-state index contributed by atoms with van der Waals surface area (Å²) in [6, 6.07) is 6.97. The molecule has 2 heterocycles. The van der Waals surface area contributed by atoms with E-state index in [1.165, 1.54) is 6.42 Å². The van der Waals surface area contributed by atoms with Crippen molar-refractivity contribution in [3.63, 3.8) is 0 Å². The Morgan fingerprint density at radius 2 is 1.77 bits per heavy atom. The van der Waals surface area contributed by atoms with E-state index in [9.17, 15) is 13.2 Å². The van der Waals surface area contributed by atoms with Gasteiger partial charge in [0.25, 0.3) is 0 Å². The molecule has 7 heteroatoms. The van der Waals surface area contributed by atoms with E-state index < -0.39 is 10.0 Å². The molecule has 0 bridgehead atoms. The number of hydrogen-bond donors (Lipinski definition) is 1. The second-order valence-electron chi connectivity index (χ2n) is 7.47. The minimum absolute atomic E-state index is 0.00600. The third kappa shape index (κ3) is 4.84. The highest BCUT2D eigenvalue weighted by Crippen LogP contribution is 2.25. The van der Waals surface area contributed by atoms with Crippen LogP contribution in [0.3, 0.4) is 0 Å². The molecule has 1 aromatic rings. The molecule has 2 aliphatic rings. The van der Waals surface area contributed by atoms with Crippen molar-refractivity contribution >= 4 is 15.9 Å². The SMILES string of the molecule is Cc1ccc(S(=O)(=O)N2CCCC(CC(=O)NN3CCCCC3)C2)cc1. The molecule has 0 saturated carbocycles. The number of piperidine rings is 2. The van der Waals surface area contributed by atoms with Crippen molar-refractivity contribution in [1.82, 2.24) is 14.7 Å². The third-order valence-electron chi connectivity index (χ3n) is 5.25. The van der Waals surface area contributed by atoms with Crippen molar-refractivity contribution in [2.75, 3.05) is 26.2 Å². The van der Waals surface area contributed by atoms with Crippen molar-refractivity contribution in [1.29, 1.82) is 0 Å². The number of benzene rings is 1. The van der Waals surface area contributed by atoms with Crippen molar-refractivity contribution in [3.05, 3.63) is 29.8 Å². The molecular weight excluding hydrogens is 350 g/mol. The zero-order valence-electron chi connectivity index (χ0n) is 15.5. The standard InChI is InChI=1S/C19H29N3O3S/c1-16-7-9-18(10-8-16)26(24,25)22-13-5-6-17(15-22)14-19(23)20-21-11-3-2-4-12-21/h7-10,17H,2-6,11-15H2,1H3,(H,20,23). The van der Waals surface area contributed by atoms with E-state index in [0.717, 1.165) is 44.3 Å². The van der Waals surface area contributed by atoms with Crippen LogP contribution in [-0.4, -0.2) is 49.8 Å². The van der Waals surface area contributed by atoms with E-state index >= 15 is 0 Å². The summed E-state index contributed by atoms with van der Waals surface area (Å²) in [6.45, 7) is 4.70. The van der Waals surface area contributed by atoms with Crippen LogP contribution in [-0.2, 0) is 14.8 Å². The normalized spacial score (nSPS) is 22.9. The lowest BCUT2D eigenvalue weighted by Gasteiger charge is -2.32. The number of aryl methyl sites for hydroxylation is 1. The summed E-state index contributed by atoms with van der Waals surface area (Å²) in [5, 5.41) is 2.00. The fraction of sp³-hybridized carbons (Fsp3) is 0.632. The molecule has 1 unspecified atom stereocenters. The first-order valence-electron chi connectivity index (χ1n) is 9.56. The largest absolute Gasteiger partial charge is 0.289 e. The van der Waals surface area contributed by atoms with Crippen LogP contribution in [0.1, 0.15) is 44.1 Å². The monoisotopic (exact) mass is 379 g/mol. The molecule has 1 amide bonds. The lowest BCUT2D eigenvalue weighted by atomic mass is 9.96. The molecule has 0 aliphatic carbocycles. The first-order valence-corrected chi connectivity index (χ1v) is 11.0. The summed E-state index contributed by atoms with van der Waals surface area (Å²) in [6.07, 6.45) is 5.54. The van der Waals surface area contributed by atoms with Gasteiger partial charge in [0, 0.05) is 32.6 Å². The average Bonchev–Trinajstić information content (AvgIpc) is 2.63. The van der Waals surface area contributed by atoms with Gasteiger partial charge in [0.15, 0.2) is 0 Å². The molecule has 26 heavy (non-hydrogen) atoms. The number of nitrogens with zero attached hydrogens (tertiary/aromatic N) is 2. The maximum Gasteiger partial charge on any atom is 0.243 e. The van der Waals surface area contributed by atoms with E-state index in [2.05, 4.69) is 5.43 Å².